The van der Waals surface area contributed by atoms with Crippen molar-refractivity contribution in [2.75, 3.05) is 0 Å². The first-order chi connectivity index (χ1) is 19.0. The largest absolute Gasteiger partial charge is 0.0853 e. The van der Waals surface area contributed by atoms with E-state index in [4.69, 9.17) is 0 Å². The number of hydrogen-bond acceptors (Lipinski definition) is 0. The third-order valence-electron chi connectivity index (χ3n) is 6.52. The van der Waals surface area contributed by atoms with Crippen molar-refractivity contribution in [3.05, 3.63) is 130 Å². The van der Waals surface area contributed by atoms with Gasteiger partial charge in [0.05, 0.1) is 0 Å². The summed E-state index contributed by atoms with van der Waals surface area (Å²) >= 11 is 0. The minimum absolute atomic E-state index is 1.11. The Kier molecular flexibility index (Phi) is 22.3. The maximum absolute atomic E-state index is 2.41. The van der Waals surface area contributed by atoms with Gasteiger partial charge < -0.3 is 0 Å². The van der Waals surface area contributed by atoms with Gasteiger partial charge in [-0.1, -0.05) is 130 Å². The van der Waals surface area contributed by atoms with Gasteiger partial charge in [0.15, 0.2) is 0 Å². The first-order valence-corrected chi connectivity index (χ1v) is 15.3. The lowest BCUT2D eigenvalue weighted by molar-refractivity contribution is 0.919. The van der Waals surface area contributed by atoms with Crippen LogP contribution < -0.4 is 0 Å². The third-order valence-corrected chi connectivity index (χ3v) is 6.52. The van der Waals surface area contributed by atoms with Gasteiger partial charge in [0.2, 0.25) is 0 Å². The molecule has 0 heterocycles. The summed E-state index contributed by atoms with van der Waals surface area (Å²) < 4.78 is 0. The van der Waals surface area contributed by atoms with Crippen molar-refractivity contribution < 1.29 is 0 Å². The van der Waals surface area contributed by atoms with Gasteiger partial charge in [-0.2, -0.15) is 0 Å². The molecule has 0 bridgehead atoms. The lowest BCUT2D eigenvalue weighted by Gasteiger charge is -2.01. The fraction of sp³-hybridized carbons (Fsp3) is 0.450. The van der Waals surface area contributed by atoms with Crippen LogP contribution in [0.4, 0.5) is 0 Å². The summed E-state index contributed by atoms with van der Waals surface area (Å²) in [6.07, 6.45) is 40.3. The quantitative estimate of drug-likeness (QED) is 0.120. The highest BCUT2D eigenvalue weighted by Gasteiger charge is 1.93. The summed E-state index contributed by atoms with van der Waals surface area (Å²) in [4.78, 5) is 0. The number of hydrogen-bond donors (Lipinski definition) is 0. The summed E-state index contributed by atoms with van der Waals surface area (Å²) in [6, 6.07) is 0. The molecule has 0 aliphatic heterocycles. The van der Waals surface area contributed by atoms with Gasteiger partial charge in [-0.3, -0.25) is 0 Å². The van der Waals surface area contributed by atoms with E-state index in [0.29, 0.717) is 0 Å². The molecule has 0 N–H and O–H groups in total. The van der Waals surface area contributed by atoms with Crippen molar-refractivity contribution in [1.29, 1.82) is 0 Å². The standard InChI is InChI=1S/C40H60/c1-33(2)19-13-23-37(7)27-17-31-39(9)29-15-25-35(5)21-11-12-22-36(6)26-16-30-40(10)32-18-28-38(8)24-14-20-34(3)4/h11-14,19-24,27-30H,15-18,25-26,31-32H2,1-10H3. The zero-order valence-electron chi connectivity index (χ0n) is 27.7. The fourth-order valence-corrected chi connectivity index (χ4v) is 3.88. The zero-order valence-corrected chi connectivity index (χ0v) is 27.7. The second-order valence-electron chi connectivity index (χ2n) is 11.8. The van der Waals surface area contributed by atoms with E-state index >= 15 is 0 Å². The van der Waals surface area contributed by atoms with E-state index in [1.54, 1.807) is 0 Å². The van der Waals surface area contributed by atoms with Crippen molar-refractivity contribution in [3.8, 4) is 0 Å². The maximum atomic E-state index is 2.41. The van der Waals surface area contributed by atoms with Crippen LogP contribution in [0.1, 0.15) is 121 Å². The second-order valence-corrected chi connectivity index (χ2v) is 11.8. The molecule has 0 radical (unpaired) electrons. The van der Waals surface area contributed by atoms with Crippen LogP contribution in [0, 0.1) is 0 Å². The maximum Gasteiger partial charge on any atom is -0.0285 e. The first-order valence-electron chi connectivity index (χ1n) is 15.3. The van der Waals surface area contributed by atoms with Crippen LogP contribution in [0.2, 0.25) is 0 Å². The predicted octanol–water partition coefficient (Wildman–Crippen LogP) is 13.4. The van der Waals surface area contributed by atoms with Crippen LogP contribution in [0.25, 0.3) is 0 Å². The van der Waals surface area contributed by atoms with Gasteiger partial charge in [-0.15, -0.1) is 0 Å². The van der Waals surface area contributed by atoms with Gasteiger partial charge in [0, 0.05) is 0 Å². The average Bonchev–Trinajstić information content (AvgIpc) is 2.86. The summed E-state index contributed by atoms with van der Waals surface area (Å²) in [6.45, 7) is 21.8. The molecule has 0 heteroatoms. The molecule has 0 atom stereocenters. The molecule has 0 aromatic carbocycles. The van der Waals surface area contributed by atoms with Crippen LogP contribution in [0.15, 0.2) is 130 Å². The van der Waals surface area contributed by atoms with Crippen LogP contribution in [0.5, 0.6) is 0 Å². The SMILES string of the molecule is CC(C)=CC=CC(C)=CCCC(C)=CCCC(C)=CC=CC=C(C)CCC=C(C)CCC=C(C)C=CC=C(C)C. The first kappa shape index (κ1) is 37.1. The van der Waals surface area contributed by atoms with E-state index in [-0.39, 0.29) is 0 Å². The molecule has 0 nitrogen and oxygen atoms in total. The van der Waals surface area contributed by atoms with E-state index in [9.17, 15) is 0 Å². The zero-order chi connectivity index (χ0) is 30.2. The Balaban J connectivity index is 4.36. The van der Waals surface area contributed by atoms with E-state index in [1.807, 2.05) is 0 Å². The van der Waals surface area contributed by atoms with E-state index in [2.05, 4.69) is 154 Å². The predicted molar refractivity (Wildman–Crippen MR) is 186 cm³/mol. The highest BCUT2D eigenvalue weighted by Crippen LogP contribution is 2.14. The Bertz CT molecular complexity index is 967. The molecule has 0 saturated carbocycles. The van der Waals surface area contributed by atoms with Crippen LogP contribution in [-0.2, 0) is 0 Å². The Morgan fingerprint density at radius 2 is 0.675 bits per heavy atom. The Morgan fingerprint density at radius 1 is 0.350 bits per heavy atom. The fourth-order valence-electron chi connectivity index (χ4n) is 3.88. The molecule has 0 unspecified atom stereocenters. The van der Waals surface area contributed by atoms with Crippen LogP contribution >= 0.6 is 0 Å². The average molecular weight is 541 g/mol. The van der Waals surface area contributed by atoms with Crippen molar-refractivity contribution in [1.82, 2.24) is 0 Å². The van der Waals surface area contributed by atoms with Crippen LogP contribution in [0.3, 0.4) is 0 Å². The van der Waals surface area contributed by atoms with E-state index < -0.39 is 0 Å². The Labute approximate surface area is 249 Å². The molecule has 40 heavy (non-hydrogen) atoms. The summed E-state index contributed by atoms with van der Waals surface area (Å²) in [5, 5.41) is 0. The van der Waals surface area contributed by atoms with Gasteiger partial charge in [-0.25, -0.2) is 0 Å². The highest BCUT2D eigenvalue weighted by atomic mass is 14.0. The summed E-state index contributed by atoms with van der Waals surface area (Å²) in [7, 11) is 0. The van der Waals surface area contributed by atoms with Crippen molar-refractivity contribution in [2.24, 2.45) is 0 Å². The van der Waals surface area contributed by atoms with Crippen LogP contribution in [-0.4, -0.2) is 0 Å². The minimum atomic E-state index is 1.11. The summed E-state index contributed by atoms with van der Waals surface area (Å²) in [5.41, 5.74) is 11.2. The number of allylic oxidation sites excluding steroid dienone is 22. The Morgan fingerprint density at radius 3 is 1.02 bits per heavy atom. The topological polar surface area (TPSA) is 0 Å². The molecular weight excluding hydrogens is 480 g/mol. The van der Waals surface area contributed by atoms with Crippen molar-refractivity contribution in [2.45, 2.75) is 121 Å². The second kappa shape index (κ2) is 24.0. The molecule has 0 saturated heterocycles. The molecular formula is C40H60. The van der Waals surface area contributed by atoms with E-state index in [1.165, 1.54) is 44.6 Å². The Hall–Kier alpha value is -2.86. The molecule has 220 valence electrons. The van der Waals surface area contributed by atoms with Gasteiger partial charge in [-0.05, 0) is 121 Å². The third kappa shape index (κ3) is 25.4. The molecule has 0 aliphatic carbocycles. The van der Waals surface area contributed by atoms with Crippen molar-refractivity contribution in [3.63, 3.8) is 0 Å². The van der Waals surface area contributed by atoms with Crippen molar-refractivity contribution >= 4 is 0 Å². The monoisotopic (exact) mass is 540 g/mol. The number of rotatable bonds is 18. The smallest absolute Gasteiger partial charge is 0.0285 e. The normalized spacial score (nSPS) is 14.7. The molecule has 0 aromatic rings. The highest BCUT2D eigenvalue weighted by molar-refractivity contribution is 5.23. The molecule has 0 spiro atoms. The van der Waals surface area contributed by atoms with Gasteiger partial charge in [0.1, 0.15) is 0 Å². The minimum Gasteiger partial charge on any atom is -0.0853 e. The molecule has 0 aliphatic rings. The van der Waals surface area contributed by atoms with E-state index in [0.717, 1.165) is 51.4 Å². The molecule has 0 fully saturated rings. The molecule has 0 amide bonds. The molecule has 0 rings (SSSR count). The molecule has 0 aromatic heterocycles. The van der Waals surface area contributed by atoms with Gasteiger partial charge >= 0.3 is 0 Å². The lowest BCUT2D eigenvalue weighted by Crippen LogP contribution is -1.81. The summed E-state index contributed by atoms with van der Waals surface area (Å²) in [5.74, 6) is 0. The van der Waals surface area contributed by atoms with Gasteiger partial charge in [0.25, 0.3) is 0 Å². The lowest BCUT2D eigenvalue weighted by atomic mass is 10.1.